The van der Waals surface area contributed by atoms with E-state index in [2.05, 4.69) is 20.8 Å². The highest BCUT2D eigenvalue weighted by atomic mass is 16.4. The molecule has 1 heterocycles. The number of aromatic nitrogens is 1. The fourth-order valence-electron chi connectivity index (χ4n) is 4.20. The molecule has 1 aliphatic carbocycles. The molecule has 2 aromatic carbocycles. The van der Waals surface area contributed by atoms with Crippen LogP contribution < -0.4 is 0 Å². The average Bonchev–Trinajstić information content (AvgIpc) is 2.65. The third-order valence-corrected chi connectivity index (χ3v) is 5.86. The van der Waals surface area contributed by atoms with Gasteiger partial charge in [0.25, 0.3) is 0 Å². The number of hydrogen-bond acceptors (Lipinski definition) is 3. The molecule has 0 saturated heterocycles. The molecule has 148 valence electrons. The number of nitrogens with zero attached hydrogens (tertiary/aromatic N) is 1. The van der Waals surface area contributed by atoms with E-state index in [0.29, 0.717) is 28.8 Å². The molecular weight excluding hydrogens is 362 g/mol. The molecule has 1 atom stereocenters. The summed E-state index contributed by atoms with van der Waals surface area (Å²) in [5.74, 6) is -0.411. The van der Waals surface area contributed by atoms with Gasteiger partial charge >= 0.3 is 5.97 Å². The number of pyridine rings is 1. The lowest BCUT2D eigenvalue weighted by Gasteiger charge is -2.36. The van der Waals surface area contributed by atoms with Gasteiger partial charge in [0.15, 0.2) is 0 Å². The van der Waals surface area contributed by atoms with Crippen molar-refractivity contribution < 1.29 is 15.0 Å². The number of carboxylic acid groups (broad SMARTS) is 1. The molecule has 1 aromatic heterocycles. The van der Waals surface area contributed by atoms with Crippen LogP contribution >= 0.6 is 0 Å². The normalized spacial score (nSPS) is 18.0. The first-order valence-electron chi connectivity index (χ1n) is 9.89. The van der Waals surface area contributed by atoms with Crippen molar-refractivity contribution in [2.24, 2.45) is 11.3 Å². The first-order chi connectivity index (χ1) is 13.7. The van der Waals surface area contributed by atoms with Crippen LogP contribution in [-0.2, 0) is 6.42 Å². The van der Waals surface area contributed by atoms with E-state index in [0.717, 1.165) is 28.8 Å². The molecule has 0 fully saturated rings. The number of carbonyl (C=O) groups is 1. The summed E-state index contributed by atoms with van der Waals surface area (Å²) in [5, 5.41) is 20.6. The zero-order chi connectivity index (χ0) is 20.8. The van der Waals surface area contributed by atoms with Crippen LogP contribution in [0.5, 0.6) is 5.75 Å². The molecular formula is C25H25NO3. The predicted molar refractivity (Wildman–Crippen MR) is 116 cm³/mol. The number of benzene rings is 2. The average molecular weight is 387 g/mol. The molecule has 1 unspecified atom stereocenters. The molecule has 3 aromatic rings. The van der Waals surface area contributed by atoms with E-state index in [9.17, 15) is 15.0 Å². The Morgan fingerprint density at radius 3 is 2.55 bits per heavy atom. The summed E-state index contributed by atoms with van der Waals surface area (Å²) in [6, 6.07) is 14.5. The quantitative estimate of drug-likeness (QED) is 0.584. The van der Waals surface area contributed by atoms with Crippen molar-refractivity contribution in [1.29, 1.82) is 0 Å². The zero-order valence-corrected chi connectivity index (χ0v) is 16.9. The number of fused-ring (bicyclic) bond motifs is 2. The highest BCUT2D eigenvalue weighted by Gasteiger charge is 2.35. The van der Waals surface area contributed by atoms with E-state index in [1.54, 1.807) is 12.1 Å². The lowest BCUT2D eigenvalue weighted by Crippen LogP contribution is -2.28. The Labute approximate surface area is 170 Å². The number of rotatable bonds is 2. The minimum Gasteiger partial charge on any atom is -0.508 e. The first kappa shape index (κ1) is 19.2. The number of phenolic OH excluding ortho intramolecular Hbond substituents is 1. The van der Waals surface area contributed by atoms with Gasteiger partial charge in [-0.3, -0.25) is 0 Å². The summed E-state index contributed by atoms with van der Waals surface area (Å²) in [7, 11) is 0. The highest BCUT2D eigenvalue weighted by Crippen LogP contribution is 2.44. The predicted octanol–water partition coefficient (Wildman–Crippen LogP) is 5.79. The zero-order valence-electron chi connectivity index (χ0n) is 16.9. The van der Waals surface area contributed by atoms with Gasteiger partial charge in [0.1, 0.15) is 5.75 Å². The summed E-state index contributed by atoms with van der Waals surface area (Å²) in [4.78, 5) is 17.2. The van der Waals surface area contributed by atoms with E-state index in [4.69, 9.17) is 4.98 Å². The molecule has 4 nitrogen and oxygen atoms in total. The minimum atomic E-state index is -0.911. The van der Waals surface area contributed by atoms with E-state index in [1.807, 2.05) is 42.5 Å². The number of hydrogen-bond donors (Lipinski definition) is 2. The molecule has 0 amide bonds. The van der Waals surface area contributed by atoms with Crippen LogP contribution in [0.4, 0.5) is 0 Å². The van der Waals surface area contributed by atoms with Crippen LogP contribution in [0.25, 0.3) is 22.6 Å². The van der Waals surface area contributed by atoms with Gasteiger partial charge in [-0.15, -0.1) is 0 Å². The summed E-state index contributed by atoms with van der Waals surface area (Å²) in [5.41, 5.74) is 4.56. The summed E-state index contributed by atoms with van der Waals surface area (Å²) < 4.78 is 0. The summed E-state index contributed by atoms with van der Waals surface area (Å²) in [6.07, 6.45) is 3.54. The van der Waals surface area contributed by atoms with Crippen LogP contribution in [0.1, 0.15) is 54.4 Å². The lowest BCUT2D eigenvalue weighted by atomic mass is 9.69. The van der Waals surface area contributed by atoms with Gasteiger partial charge in [0.05, 0.1) is 16.8 Å². The number of aromatic hydroxyl groups is 1. The maximum absolute atomic E-state index is 12.3. The van der Waals surface area contributed by atoms with Crippen LogP contribution in [0.15, 0.2) is 48.5 Å². The number of aromatic carboxylic acids is 1. The molecule has 0 aliphatic heterocycles. The SMILES string of the molecule is CC(C)(C)C1CC(=Cc2cccc(O)c2)c2nc3ccccc3c(C(=O)O)c2C1. The Morgan fingerprint density at radius 1 is 1.10 bits per heavy atom. The molecule has 0 radical (unpaired) electrons. The van der Waals surface area contributed by atoms with E-state index in [-0.39, 0.29) is 11.2 Å². The van der Waals surface area contributed by atoms with Crippen molar-refractivity contribution in [3.05, 3.63) is 70.9 Å². The number of allylic oxidation sites excluding steroid dienone is 1. The third-order valence-electron chi connectivity index (χ3n) is 5.86. The minimum absolute atomic E-state index is 0.0248. The molecule has 4 rings (SSSR count). The van der Waals surface area contributed by atoms with Crippen molar-refractivity contribution in [3.8, 4) is 5.75 Å². The number of phenols is 1. The fourth-order valence-corrected chi connectivity index (χ4v) is 4.20. The Kier molecular flexibility index (Phi) is 4.65. The Balaban J connectivity index is 2.00. The summed E-state index contributed by atoms with van der Waals surface area (Å²) in [6.45, 7) is 6.59. The van der Waals surface area contributed by atoms with Gasteiger partial charge in [-0.1, -0.05) is 51.1 Å². The van der Waals surface area contributed by atoms with Crippen molar-refractivity contribution in [2.75, 3.05) is 0 Å². The molecule has 0 bridgehead atoms. The van der Waals surface area contributed by atoms with Crippen molar-refractivity contribution in [2.45, 2.75) is 33.6 Å². The van der Waals surface area contributed by atoms with Crippen LogP contribution in [-0.4, -0.2) is 21.2 Å². The fraction of sp³-hybridized carbons (Fsp3) is 0.280. The number of para-hydroxylation sites is 1. The van der Waals surface area contributed by atoms with Crippen LogP contribution in [0.2, 0.25) is 0 Å². The Bertz CT molecular complexity index is 1140. The van der Waals surface area contributed by atoms with Gasteiger partial charge in [-0.05, 0) is 65.1 Å². The van der Waals surface area contributed by atoms with Gasteiger partial charge in [-0.2, -0.15) is 0 Å². The second-order valence-electron chi connectivity index (χ2n) is 8.87. The highest BCUT2D eigenvalue weighted by molar-refractivity contribution is 6.06. The van der Waals surface area contributed by atoms with Crippen LogP contribution in [0, 0.1) is 11.3 Å². The topological polar surface area (TPSA) is 70.4 Å². The van der Waals surface area contributed by atoms with E-state index in [1.165, 1.54) is 0 Å². The van der Waals surface area contributed by atoms with Gasteiger partial charge in [0.2, 0.25) is 0 Å². The lowest BCUT2D eigenvalue weighted by molar-refractivity contribution is 0.0696. The van der Waals surface area contributed by atoms with E-state index >= 15 is 0 Å². The Morgan fingerprint density at radius 2 is 1.86 bits per heavy atom. The van der Waals surface area contributed by atoms with Gasteiger partial charge < -0.3 is 10.2 Å². The molecule has 0 spiro atoms. The van der Waals surface area contributed by atoms with E-state index < -0.39 is 5.97 Å². The standard InChI is InChI=1S/C25H25NO3/c1-25(2,3)17-13-16(11-15-7-6-8-18(27)12-15)23-20(14-17)22(24(28)29)19-9-4-5-10-21(19)26-23/h4-12,17,27H,13-14H2,1-3H3,(H,28,29). The van der Waals surface area contributed by atoms with Crippen LogP contribution in [0.3, 0.4) is 0 Å². The molecule has 29 heavy (non-hydrogen) atoms. The Hall–Kier alpha value is -3.14. The molecule has 0 saturated carbocycles. The van der Waals surface area contributed by atoms with Crippen molar-refractivity contribution in [1.82, 2.24) is 4.98 Å². The van der Waals surface area contributed by atoms with Crippen molar-refractivity contribution in [3.63, 3.8) is 0 Å². The monoisotopic (exact) mass is 387 g/mol. The maximum atomic E-state index is 12.3. The maximum Gasteiger partial charge on any atom is 0.336 e. The number of carboxylic acids is 1. The van der Waals surface area contributed by atoms with Crippen molar-refractivity contribution >= 4 is 28.5 Å². The molecule has 2 N–H and O–H groups in total. The summed E-state index contributed by atoms with van der Waals surface area (Å²) >= 11 is 0. The largest absolute Gasteiger partial charge is 0.508 e. The smallest absolute Gasteiger partial charge is 0.336 e. The molecule has 4 heteroatoms. The third kappa shape index (κ3) is 3.63. The van der Waals surface area contributed by atoms with Gasteiger partial charge in [0, 0.05) is 5.39 Å². The second kappa shape index (κ2) is 7.03. The van der Waals surface area contributed by atoms with Gasteiger partial charge in [-0.25, -0.2) is 9.78 Å². The molecule has 1 aliphatic rings. The first-order valence-corrected chi connectivity index (χ1v) is 9.89. The second-order valence-corrected chi connectivity index (χ2v) is 8.87.